The highest BCUT2D eigenvalue weighted by atomic mass is 32.2. The van der Waals surface area contributed by atoms with Gasteiger partial charge in [0.2, 0.25) is 15.9 Å². The SMILES string of the molecule is CCCS(=O)(=O)N1CCCC1C(=O)NC(C)c1ccc(OCC(=O)O)cc1. The third kappa shape index (κ3) is 5.67. The molecule has 1 saturated heterocycles. The van der Waals surface area contributed by atoms with Crippen LogP contribution in [0.15, 0.2) is 24.3 Å². The third-order valence-electron chi connectivity index (χ3n) is 4.43. The fourth-order valence-electron chi connectivity index (χ4n) is 3.10. The minimum atomic E-state index is -3.42. The van der Waals surface area contributed by atoms with Crippen LogP contribution in [0.25, 0.3) is 0 Å². The summed E-state index contributed by atoms with van der Waals surface area (Å²) in [5.41, 5.74) is 0.812. The Morgan fingerprint density at radius 1 is 1.33 bits per heavy atom. The molecular weight excluding hydrogens is 372 g/mol. The van der Waals surface area contributed by atoms with Crippen LogP contribution in [-0.2, 0) is 19.6 Å². The summed E-state index contributed by atoms with van der Waals surface area (Å²) in [5, 5.41) is 11.5. The summed E-state index contributed by atoms with van der Waals surface area (Å²) in [4.78, 5) is 23.1. The van der Waals surface area contributed by atoms with Crippen molar-refractivity contribution in [3.63, 3.8) is 0 Å². The molecule has 8 nitrogen and oxygen atoms in total. The van der Waals surface area contributed by atoms with Crippen molar-refractivity contribution in [2.75, 3.05) is 18.9 Å². The number of amides is 1. The standard InChI is InChI=1S/C18H26N2O6S/c1-3-11-27(24,25)20-10-4-5-16(20)18(23)19-13(2)14-6-8-15(9-7-14)26-12-17(21)22/h6-9,13,16H,3-5,10-12H2,1-2H3,(H,19,23)(H,21,22). The predicted molar refractivity (Wildman–Crippen MR) is 99.9 cm³/mol. The number of carbonyl (C=O) groups excluding carboxylic acids is 1. The first kappa shape index (κ1) is 21.2. The average Bonchev–Trinajstić information content (AvgIpc) is 3.11. The van der Waals surface area contributed by atoms with Crippen LogP contribution in [0.1, 0.15) is 44.7 Å². The first-order valence-corrected chi connectivity index (χ1v) is 10.6. The molecular formula is C18H26N2O6S. The van der Waals surface area contributed by atoms with Crippen LogP contribution in [0.3, 0.4) is 0 Å². The summed E-state index contributed by atoms with van der Waals surface area (Å²) < 4.78 is 31.1. The zero-order valence-electron chi connectivity index (χ0n) is 15.6. The number of sulfonamides is 1. The fourth-order valence-corrected chi connectivity index (χ4v) is 4.85. The zero-order valence-corrected chi connectivity index (χ0v) is 16.4. The molecule has 0 saturated carbocycles. The molecule has 0 bridgehead atoms. The Labute approximate surface area is 159 Å². The van der Waals surface area contributed by atoms with Gasteiger partial charge in [-0.05, 0) is 43.9 Å². The van der Waals surface area contributed by atoms with E-state index >= 15 is 0 Å². The van der Waals surface area contributed by atoms with Crippen molar-refractivity contribution < 1.29 is 27.9 Å². The second-order valence-electron chi connectivity index (χ2n) is 6.57. The van der Waals surface area contributed by atoms with Crippen molar-refractivity contribution >= 4 is 21.9 Å². The van der Waals surface area contributed by atoms with E-state index in [1.54, 1.807) is 31.2 Å². The van der Waals surface area contributed by atoms with Crippen molar-refractivity contribution in [1.82, 2.24) is 9.62 Å². The normalized spacial score (nSPS) is 18.8. The van der Waals surface area contributed by atoms with Crippen LogP contribution < -0.4 is 10.1 Å². The number of rotatable bonds is 9. The number of carboxylic acids is 1. The van der Waals surface area contributed by atoms with Gasteiger partial charge in [0.15, 0.2) is 6.61 Å². The molecule has 27 heavy (non-hydrogen) atoms. The van der Waals surface area contributed by atoms with Gasteiger partial charge in [0.05, 0.1) is 11.8 Å². The van der Waals surface area contributed by atoms with E-state index in [4.69, 9.17) is 9.84 Å². The molecule has 1 amide bonds. The van der Waals surface area contributed by atoms with Gasteiger partial charge in [-0.25, -0.2) is 13.2 Å². The number of carbonyl (C=O) groups is 2. The van der Waals surface area contributed by atoms with Gasteiger partial charge in [0.25, 0.3) is 0 Å². The first-order valence-electron chi connectivity index (χ1n) is 8.99. The maximum atomic E-state index is 12.6. The molecule has 0 spiro atoms. The monoisotopic (exact) mass is 398 g/mol. The molecule has 150 valence electrons. The molecule has 0 radical (unpaired) electrons. The molecule has 2 rings (SSSR count). The quantitative estimate of drug-likeness (QED) is 0.652. The maximum Gasteiger partial charge on any atom is 0.341 e. The molecule has 0 aromatic heterocycles. The molecule has 1 aromatic rings. The highest BCUT2D eigenvalue weighted by Crippen LogP contribution is 2.24. The minimum Gasteiger partial charge on any atom is -0.482 e. The van der Waals surface area contributed by atoms with E-state index in [0.717, 1.165) is 5.56 Å². The lowest BCUT2D eigenvalue weighted by molar-refractivity contribution is -0.139. The highest BCUT2D eigenvalue weighted by Gasteiger charge is 2.38. The Kier molecular flexibility index (Phi) is 7.20. The van der Waals surface area contributed by atoms with Crippen LogP contribution in [0.5, 0.6) is 5.75 Å². The van der Waals surface area contributed by atoms with Crippen molar-refractivity contribution in [1.29, 1.82) is 0 Å². The molecule has 2 atom stereocenters. The number of carboxylic acid groups (broad SMARTS) is 1. The molecule has 2 N–H and O–H groups in total. The summed E-state index contributed by atoms with van der Waals surface area (Å²) >= 11 is 0. The van der Waals surface area contributed by atoms with Gasteiger partial charge in [0, 0.05) is 6.54 Å². The van der Waals surface area contributed by atoms with E-state index < -0.39 is 28.6 Å². The Hall–Kier alpha value is -2.13. The van der Waals surface area contributed by atoms with Gasteiger partial charge in [-0.2, -0.15) is 4.31 Å². The molecule has 1 aliphatic heterocycles. The number of hydrogen-bond acceptors (Lipinski definition) is 5. The Morgan fingerprint density at radius 2 is 2.00 bits per heavy atom. The first-order chi connectivity index (χ1) is 12.7. The lowest BCUT2D eigenvalue weighted by Gasteiger charge is -2.25. The number of hydrogen-bond donors (Lipinski definition) is 2. The van der Waals surface area contributed by atoms with Gasteiger partial charge in [-0.15, -0.1) is 0 Å². The van der Waals surface area contributed by atoms with Crippen molar-refractivity contribution in [2.24, 2.45) is 0 Å². The van der Waals surface area contributed by atoms with E-state index in [2.05, 4.69) is 5.32 Å². The van der Waals surface area contributed by atoms with E-state index in [1.165, 1.54) is 4.31 Å². The lowest BCUT2D eigenvalue weighted by atomic mass is 10.1. The number of benzene rings is 1. The number of nitrogens with zero attached hydrogens (tertiary/aromatic N) is 1. The number of aliphatic carboxylic acids is 1. The van der Waals surface area contributed by atoms with Crippen LogP contribution in [0, 0.1) is 0 Å². The van der Waals surface area contributed by atoms with Crippen molar-refractivity contribution in [3.05, 3.63) is 29.8 Å². The van der Waals surface area contributed by atoms with E-state index in [0.29, 0.717) is 31.6 Å². The second-order valence-corrected chi connectivity index (χ2v) is 8.61. The van der Waals surface area contributed by atoms with Gasteiger partial charge >= 0.3 is 5.97 Å². The fraction of sp³-hybridized carbons (Fsp3) is 0.556. The topological polar surface area (TPSA) is 113 Å². The van der Waals surface area contributed by atoms with E-state index in [1.807, 2.05) is 6.92 Å². The largest absolute Gasteiger partial charge is 0.482 e. The van der Waals surface area contributed by atoms with Crippen LogP contribution >= 0.6 is 0 Å². The number of nitrogens with one attached hydrogen (secondary N) is 1. The van der Waals surface area contributed by atoms with Gasteiger partial charge < -0.3 is 15.2 Å². The molecule has 0 aliphatic carbocycles. The molecule has 1 fully saturated rings. The third-order valence-corrected chi connectivity index (χ3v) is 6.50. The highest BCUT2D eigenvalue weighted by molar-refractivity contribution is 7.89. The van der Waals surface area contributed by atoms with Gasteiger partial charge in [-0.3, -0.25) is 4.79 Å². The lowest BCUT2D eigenvalue weighted by Crippen LogP contribution is -2.47. The smallest absolute Gasteiger partial charge is 0.341 e. The van der Waals surface area contributed by atoms with Crippen LogP contribution in [0.4, 0.5) is 0 Å². The molecule has 9 heteroatoms. The molecule has 1 aliphatic rings. The van der Waals surface area contributed by atoms with E-state index in [-0.39, 0.29) is 17.7 Å². The van der Waals surface area contributed by atoms with Crippen molar-refractivity contribution in [3.8, 4) is 5.75 Å². The van der Waals surface area contributed by atoms with Crippen LogP contribution in [0.2, 0.25) is 0 Å². The molecule has 1 aromatic carbocycles. The van der Waals surface area contributed by atoms with Gasteiger partial charge in [0.1, 0.15) is 11.8 Å². The van der Waals surface area contributed by atoms with Crippen LogP contribution in [-0.4, -0.2) is 54.7 Å². The minimum absolute atomic E-state index is 0.0458. The van der Waals surface area contributed by atoms with Crippen molar-refractivity contribution in [2.45, 2.75) is 45.2 Å². The summed E-state index contributed by atoms with van der Waals surface area (Å²) in [6, 6.07) is 5.76. The second kappa shape index (κ2) is 9.18. The Morgan fingerprint density at radius 3 is 2.59 bits per heavy atom. The molecule has 1 heterocycles. The summed E-state index contributed by atoms with van der Waals surface area (Å²) in [5.74, 6) is -0.888. The zero-order chi connectivity index (χ0) is 20.0. The summed E-state index contributed by atoms with van der Waals surface area (Å²) in [6.07, 6.45) is 1.70. The van der Waals surface area contributed by atoms with E-state index in [9.17, 15) is 18.0 Å². The summed E-state index contributed by atoms with van der Waals surface area (Å²) in [7, 11) is -3.42. The average molecular weight is 398 g/mol. The maximum absolute atomic E-state index is 12.6. The number of ether oxygens (including phenoxy) is 1. The summed E-state index contributed by atoms with van der Waals surface area (Å²) in [6.45, 7) is 3.57. The Balaban J connectivity index is 1.99. The van der Waals surface area contributed by atoms with Gasteiger partial charge in [-0.1, -0.05) is 19.1 Å². The Bertz CT molecular complexity index is 763. The predicted octanol–water partition coefficient (Wildman–Crippen LogP) is 1.53. The molecule has 2 unspecified atom stereocenters.